The molecule has 0 spiro atoms. The van der Waals surface area contributed by atoms with Crippen molar-refractivity contribution in [2.45, 2.75) is 25.9 Å². The summed E-state index contributed by atoms with van der Waals surface area (Å²) in [4.78, 5) is 47.7. The highest BCUT2D eigenvalue weighted by atomic mass is 32.2. The largest absolute Gasteiger partial charge is 0.465 e. The first-order valence-electron chi connectivity index (χ1n) is 10.4. The van der Waals surface area contributed by atoms with Crippen molar-refractivity contribution in [3.8, 4) is 0 Å². The van der Waals surface area contributed by atoms with Gasteiger partial charge in [-0.3, -0.25) is 19.3 Å². The average Bonchev–Trinajstić information content (AvgIpc) is 3.13. The Labute approximate surface area is 193 Å². The maximum atomic E-state index is 13.1. The SMILES string of the molecule is CCOC(=O)CSC1=Nc2ccccc2C2=NC(=O)C(CC(=O)NCc3ccc(F)cc3)N12. The lowest BCUT2D eigenvalue weighted by molar-refractivity contribution is -0.139. The number of rotatable bonds is 7. The number of ether oxygens (including phenoxy) is 1. The molecule has 2 heterocycles. The van der Waals surface area contributed by atoms with Crippen LogP contribution in [0.25, 0.3) is 0 Å². The normalized spacial score (nSPS) is 16.5. The number of aliphatic imine (C=N–C) groups is 2. The van der Waals surface area contributed by atoms with Crippen LogP contribution in [0.2, 0.25) is 0 Å². The van der Waals surface area contributed by atoms with Gasteiger partial charge < -0.3 is 10.1 Å². The zero-order valence-electron chi connectivity index (χ0n) is 17.8. The molecule has 1 unspecified atom stereocenters. The van der Waals surface area contributed by atoms with Crippen molar-refractivity contribution in [2.24, 2.45) is 9.98 Å². The minimum atomic E-state index is -0.880. The van der Waals surface area contributed by atoms with Gasteiger partial charge in [-0.2, -0.15) is 4.99 Å². The lowest BCUT2D eigenvalue weighted by Gasteiger charge is -2.30. The van der Waals surface area contributed by atoms with Crippen LogP contribution < -0.4 is 5.32 Å². The summed E-state index contributed by atoms with van der Waals surface area (Å²) >= 11 is 1.13. The van der Waals surface area contributed by atoms with Crippen molar-refractivity contribution >= 4 is 46.2 Å². The lowest BCUT2D eigenvalue weighted by Crippen LogP contribution is -2.46. The van der Waals surface area contributed by atoms with E-state index in [9.17, 15) is 18.8 Å². The van der Waals surface area contributed by atoms with E-state index >= 15 is 0 Å². The highest BCUT2D eigenvalue weighted by molar-refractivity contribution is 8.14. The Kier molecular flexibility index (Phi) is 6.83. The van der Waals surface area contributed by atoms with Gasteiger partial charge in [0.25, 0.3) is 5.91 Å². The summed E-state index contributed by atoms with van der Waals surface area (Å²) in [6.45, 7) is 2.19. The summed E-state index contributed by atoms with van der Waals surface area (Å²) in [5.74, 6) is -1.15. The number of nitrogens with zero attached hydrogens (tertiary/aromatic N) is 3. The molecule has 8 nitrogen and oxygen atoms in total. The fourth-order valence-electron chi connectivity index (χ4n) is 3.48. The monoisotopic (exact) mass is 468 g/mol. The number of amides is 2. The Morgan fingerprint density at radius 1 is 1.15 bits per heavy atom. The van der Waals surface area contributed by atoms with E-state index < -0.39 is 17.9 Å². The summed E-state index contributed by atoms with van der Waals surface area (Å²) in [7, 11) is 0. The number of amidine groups is 2. The van der Waals surface area contributed by atoms with Crippen molar-refractivity contribution in [1.29, 1.82) is 0 Å². The van der Waals surface area contributed by atoms with Gasteiger partial charge in [-0.25, -0.2) is 9.38 Å². The Morgan fingerprint density at radius 2 is 1.91 bits per heavy atom. The van der Waals surface area contributed by atoms with Gasteiger partial charge in [0.2, 0.25) is 5.91 Å². The summed E-state index contributed by atoms with van der Waals surface area (Å²) in [6, 6.07) is 12.2. The van der Waals surface area contributed by atoms with E-state index in [1.54, 1.807) is 30.0 Å². The average molecular weight is 469 g/mol. The lowest BCUT2D eigenvalue weighted by atomic mass is 10.1. The zero-order valence-corrected chi connectivity index (χ0v) is 18.6. The molecule has 0 aliphatic carbocycles. The number of nitrogens with one attached hydrogen (secondary N) is 1. The predicted molar refractivity (Wildman–Crippen MR) is 123 cm³/mol. The van der Waals surface area contributed by atoms with Crippen molar-refractivity contribution in [3.05, 3.63) is 65.5 Å². The second-order valence-electron chi connectivity index (χ2n) is 7.27. The molecule has 0 radical (unpaired) electrons. The van der Waals surface area contributed by atoms with Gasteiger partial charge >= 0.3 is 5.97 Å². The topological polar surface area (TPSA) is 100 Å². The second-order valence-corrected chi connectivity index (χ2v) is 8.21. The molecule has 0 aromatic heterocycles. The molecule has 2 aliphatic rings. The van der Waals surface area contributed by atoms with Crippen LogP contribution in [0.1, 0.15) is 24.5 Å². The third-order valence-electron chi connectivity index (χ3n) is 5.01. The van der Waals surface area contributed by atoms with Gasteiger partial charge in [0.15, 0.2) is 5.17 Å². The Bertz CT molecular complexity index is 1150. The molecule has 2 aromatic carbocycles. The summed E-state index contributed by atoms with van der Waals surface area (Å²) < 4.78 is 18.1. The highest BCUT2D eigenvalue weighted by Crippen LogP contribution is 2.34. The minimum Gasteiger partial charge on any atom is -0.465 e. The number of benzene rings is 2. The summed E-state index contributed by atoms with van der Waals surface area (Å²) in [5.41, 5.74) is 2.05. The number of para-hydroxylation sites is 1. The fourth-order valence-corrected chi connectivity index (χ4v) is 4.33. The smallest absolute Gasteiger partial charge is 0.316 e. The molecule has 0 fully saturated rings. The standard InChI is InChI=1S/C23H21FN4O4S/c1-2-32-20(30)13-33-23-26-17-6-4-3-5-16(17)21-27-22(31)18(28(21)23)11-19(29)25-12-14-7-9-15(24)10-8-14/h3-10,18H,2,11-13H2,1H3,(H,25,29). The number of halogens is 1. The van der Waals surface area contributed by atoms with Crippen LogP contribution in [0.15, 0.2) is 58.5 Å². The van der Waals surface area contributed by atoms with E-state index in [2.05, 4.69) is 15.3 Å². The van der Waals surface area contributed by atoms with Gasteiger partial charge in [0, 0.05) is 12.1 Å². The van der Waals surface area contributed by atoms with Gasteiger partial charge in [-0.1, -0.05) is 36.0 Å². The molecule has 1 N–H and O–H groups in total. The van der Waals surface area contributed by atoms with Gasteiger partial charge in [-0.15, -0.1) is 0 Å². The zero-order chi connectivity index (χ0) is 23.4. The minimum absolute atomic E-state index is 0.0102. The number of hydrogen-bond donors (Lipinski definition) is 1. The second kappa shape index (κ2) is 9.95. The molecule has 170 valence electrons. The van der Waals surface area contributed by atoms with Gasteiger partial charge in [0.05, 0.1) is 24.5 Å². The molecule has 1 atom stereocenters. The molecule has 2 aliphatic heterocycles. The number of carbonyl (C=O) groups excluding carboxylic acids is 3. The van der Waals surface area contributed by atoms with Crippen molar-refractivity contribution in [3.63, 3.8) is 0 Å². The van der Waals surface area contributed by atoms with E-state index in [-0.39, 0.29) is 37.0 Å². The van der Waals surface area contributed by atoms with Crippen molar-refractivity contribution in [2.75, 3.05) is 12.4 Å². The third kappa shape index (κ3) is 5.11. The van der Waals surface area contributed by atoms with Crippen LogP contribution >= 0.6 is 11.8 Å². The number of thioether (sulfide) groups is 1. The first-order chi connectivity index (χ1) is 16.0. The van der Waals surface area contributed by atoms with E-state index in [4.69, 9.17) is 4.74 Å². The molecule has 2 aromatic rings. The van der Waals surface area contributed by atoms with Crippen LogP contribution in [0.5, 0.6) is 0 Å². The predicted octanol–water partition coefficient (Wildman–Crippen LogP) is 2.79. The molecular weight excluding hydrogens is 447 g/mol. The molecule has 10 heteroatoms. The van der Waals surface area contributed by atoms with Gasteiger partial charge in [0.1, 0.15) is 17.7 Å². The first kappa shape index (κ1) is 22.7. The van der Waals surface area contributed by atoms with Crippen molar-refractivity contribution < 1.29 is 23.5 Å². The summed E-state index contributed by atoms with van der Waals surface area (Å²) in [6.07, 6.45) is -0.145. The number of fused-ring (bicyclic) bond motifs is 3. The number of hydrogen-bond acceptors (Lipinski definition) is 7. The Morgan fingerprint density at radius 3 is 2.67 bits per heavy atom. The molecule has 2 amide bonds. The van der Waals surface area contributed by atoms with Crippen LogP contribution in [0.3, 0.4) is 0 Å². The number of esters is 1. The Hall–Kier alpha value is -3.53. The van der Waals surface area contributed by atoms with Crippen molar-refractivity contribution in [1.82, 2.24) is 10.2 Å². The maximum Gasteiger partial charge on any atom is 0.316 e. The highest BCUT2D eigenvalue weighted by Gasteiger charge is 2.42. The molecule has 0 saturated heterocycles. The van der Waals surface area contributed by atoms with Gasteiger partial charge in [-0.05, 0) is 36.8 Å². The number of carbonyl (C=O) groups is 3. The van der Waals surface area contributed by atoms with Crippen LogP contribution in [0, 0.1) is 5.82 Å². The molecule has 0 bridgehead atoms. The fraction of sp³-hybridized carbons (Fsp3) is 0.261. The van der Waals surface area contributed by atoms with E-state index in [0.717, 1.165) is 17.3 Å². The Balaban J connectivity index is 1.51. The van der Waals surface area contributed by atoms with E-state index in [1.807, 2.05) is 18.2 Å². The molecular formula is C23H21FN4O4S. The van der Waals surface area contributed by atoms with Crippen LogP contribution in [-0.2, 0) is 25.7 Å². The van der Waals surface area contributed by atoms with Crippen LogP contribution in [0.4, 0.5) is 10.1 Å². The quantitative estimate of drug-likeness (QED) is 0.628. The molecule has 0 saturated carbocycles. The van der Waals surface area contributed by atoms with E-state index in [1.165, 1.54) is 12.1 Å². The van der Waals surface area contributed by atoms with E-state index in [0.29, 0.717) is 22.3 Å². The maximum absolute atomic E-state index is 13.1. The molecule has 33 heavy (non-hydrogen) atoms. The summed E-state index contributed by atoms with van der Waals surface area (Å²) in [5, 5.41) is 3.16. The molecule has 4 rings (SSSR count). The third-order valence-corrected chi connectivity index (χ3v) is 5.94. The van der Waals surface area contributed by atoms with Crippen LogP contribution in [-0.4, -0.2) is 52.1 Å². The first-order valence-corrected chi connectivity index (χ1v) is 11.3.